The Labute approximate surface area is 239 Å². The highest BCUT2D eigenvalue weighted by molar-refractivity contribution is 6.06. The highest BCUT2D eigenvalue weighted by Crippen LogP contribution is 2.48. The average molecular weight is 560 g/mol. The Morgan fingerprint density at radius 2 is 1.88 bits per heavy atom. The summed E-state index contributed by atoms with van der Waals surface area (Å²) in [6, 6.07) is 17.9. The molecule has 1 saturated carbocycles. The summed E-state index contributed by atoms with van der Waals surface area (Å²) in [6.45, 7) is 6.59. The van der Waals surface area contributed by atoms with Crippen LogP contribution in [0.25, 0.3) is 6.08 Å². The van der Waals surface area contributed by atoms with Gasteiger partial charge in [0.05, 0.1) is 16.9 Å². The van der Waals surface area contributed by atoms with Crippen molar-refractivity contribution in [2.75, 3.05) is 24.1 Å². The van der Waals surface area contributed by atoms with E-state index in [4.69, 9.17) is 5.73 Å². The monoisotopic (exact) mass is 559 g/mol. The molecule has 2 aliphatic carbocycles. The van der Waals surface area contributed by atoms with E-state index in [0.29, 0.717) is 23.4 Å². The van der Waals surface area contributed by atoms with E-state index < -0.39 is 17.6 Å². The van der Waals surface area contributed by atoms with Crippen molar-refractivity contribution in [1.29, 1.82) is 0 Å². The number of hydrogen-bond donors (Lipinski definition) is 2. The Bertz CT molecular complexity index is 1510. The third kappa shape index (κ3) is 5.05. The number of fused-ring (bicyclic) bond motifs is 2. The predicted molar refractivity (Wildman–Crippen MR) is 158 cm³/mol. The van der Waals surface area contributed by atoms with Crippen LogP contribution in [-0.4, -0.2) is 29.9 Å². The molecule has 3 aromatic carbocycles. The molecule has 7 heteroatoms. The summed E-state index contributed by atoms with van der Waals surface area (Å²) >= 11 is 0. The molecule has 3 aromatic rings. The summed E-state index contributed by atoms with van der Waals surface area (Å²) in [5.74, 6) is 0.490. The number of carbonyl (C=O) groups is 1. The molecular formula is C34H36F3N3O. The molecule has 2 fully saturated rings. The molecule has 1 heterocycles. The minimum absolute atomic E-state index is 0.0423. The van der Waals surface area contributed by atoms with E-state index in [9.17, 15) is 18.0 Å². The molecule has 41 heavy (non-hydrogen) atoms. The number of halogens is 3. The quantitative estimate of drug-likeness (QED) is 0.321. The van der Waals surface area contributed by atoms with Crippen molar-refractivity contribution in [3.8, 4) is 0 Å². The van der Waals surface area contributed by atoms with Crippen LogP contribution in [0.5, 0.6) is 0 Å². The smallest absolute Gasteiger partial charge is 0.397 e. The van der Waals surface area contributed by atoms with Crippen molar-refractivity contribution in [2.24, 2.45) is 5.92 Å². The molecule has 3 unspecified atom stereocenters. The van der Waals surface area contributed by atoms with E-state index in [1.165, 1.54) is 16.7 Å². The lowest BCUT2D eigenvalue weighted by atomic mass is 9.68. The highest BCUT2D eigenvalue weighted by atomic mass is 19.4. The molecule has 214 valence electrons. The summed E-state index contributed by atoms with van der Waals surface area (Å²) < 4.78 is 39.4. The van der Waals surface area contributed by atoms with Gasteiger partial charge >= 0.3 is 6.18 Å². The lowest BCUT2D eigenvalue weighted by Crippen LogP contribution is -2.50. The van der Waals surface area contributed by atoms with Crippen molar-refractivity contribution in [3.63, 3.8) is 0 Å². The average Bonchev–Trinajstić information content (AvgIpc) is 3.57. The minimum atomic E-state index is -4.52. The van der Waals surface area contributed by atoms with Crippen LogP contribution >= 0.6 is 0 Å². The van der Waals surface area contributed by atoms with Crippen LogP contribution in [0.1, 0.15) is 76.7 Å². The molecule has 1 saturated heterocycles. The van der Waals surface area contributed by atoms with Gasteiger partial charge < -0.3 is 16.0 Å². The fraction of sp³-hybridized carbons (Fsp3) is 0.382. The van der Waals surface area contributed by atoms with E-state index in [1.54, 1.807) is 6.07 Å². The number of rotatable bonds is 4. The van der Waals surface area contributed by atoms with E-state index in [1.807, 2.05) is 19.1 Å². The van der Waals surface area contributed by atoms with Crippen molar-refractivity contribution in [1.82, 2.24) is 4.90 Å². The topological polar surface area (TPSA) is 58.4 Å². The first-order valence-corrected chi connectivity index (χ1v) is 14.5. The standard InChI is InChI=1S/C34H36F3N3O/c1-21-17-25(32(41)39-31-19-26(34(35,36)37)9-12-30(31)38)8-11-28(21)24-7-10-27(18-24)40-16-15-33(22(2)20-40)14-13-23-5-3-4-6-29(23)33/h3-6,8-9,11-14,17,19,22,24,27H,7,10,15-16,18,20,38H2,1-2H3,(H,39,41)/t22-,24?,27?,33?/m0/s1. The molecule has 1 spiro atoms. The summed E-state index contributed by atoms with van der Waals surface area (Å²) in [4.78, 5) is 15.6. The second-order valence-electron chi connectivity index (χ2n) is 12.1. The number of piperidine rings is 1. The third-order valence-corrected chi connectivity index (χ3v) is 9.74. The van der Waals surface area contributed by atoms with Crippen LogP contribution in [0.2, 0.25) is 0 Å². The van der Waals surface area contributed by atoms with Crippen LogP contribution in [0.3, 0.4) is 0 Å². The van der Waals surface area contributed by atoms with Gasteiger partial charge in [0.1, 0.15) is 0 Å². The molecular weight excluding hydrogens is 523 g/mol. The number of amides is 1. The number of likely N-dealkylation sites (tertiary alicyclic amines) is 1. The summed E-state index contributed by atoms with van der Waals surface area (Å²) in [5, 5.41) is 2.56. The number of benzene rings is 3. The van der Waals surface area contributed by atoms with Gasteiger partial charge in [0, 0.05) is 23.6 Å². The van der Waals surface area contributed by atoms with Gasteiger partial charge in [-0.1, -0.05) is 49.4 Å². The van der Waals surface area contributed by atoms with Gasteiger partial charge in [-0.2, -0.15) is 13.2 Å². The van der Waals surface area contributed by atoms with Gasteiger partial charge in [-0.15, -0.1) is 0 Å². The normalized spacial score (nSPS) is 25.9. The van der Waals surface area contributed by atoms with Crippen molar-refractivity contribution < 1.29 is 18.0 Å². The maximum atomic E-state index is 13.1. The fourth-order valence-corrected chi connectivity index (χ4v) is 7.44. The van der Waals surface area contributed by atoms with E-state index in [-0.39, 0.29) is 16.8 Å². The number of nitrogens with zero attached hydrogens (tertiary/aromatic N) is 1. The van der Waals surface area contributed by atoms with Crippen LogP contribution in [0, 0.1) is 12.8 Å². The number of allylic oxidation sites excluding steroid dienone is 1. The molecule has 0 aromatic heterocycles. The predicted octanol–water partition coefficient (Wildman–Crippen LogP) is 7.79. The minimum Gasteiger partial charge on any atom is -0.397 e. The second-order valence-corrected chi connectivity index (χ2v) is 12.1. The van der Waals surface area contributed by atoms with Crippen LogP contribution in [0.15, 0.2) is 66.7 Å². The maximum Gasteiger partial charge on any atom is 0.416 e. The zero-order chi connectivity index (χ0) is 28.9. The van der Waals surface area contributed by atoms with Gasteiger partial charge in [0.15, 0.2) is 0 Å². The Balaban J connectivity index is 1.10. The number of anilines is 2. The SMILES string of the molecule is Cc1cc(C(=O)Nc2cc(C(F)(F)F)ccc2N)ccc1C1CCC(N2CCC3(C=Cc4ccccc43)[C@@H](C)C2)C1. The van der Waals surface area contributed by atoms with Crippen molar-refractivity contribution >= 4 is 23.4 Å². The molecule has 3 N–H and O–H groups in total. The molecule has 4 atom stereocenters. The number of nitrogens with two attached hydrogens (primary N) is 1. The summed E-state index contributed by atoms with van der Waals surface area (Å²) in [7, 11) is 0. The Hall–Kier alpha value is -3.58. The third-order valence-electron chi connectivity index (χ3n) is 9.74. The first-order valence-electron chi connectivity index (χ1n) is 14.5. The Morgan fingerprint density at radius 3 is 2.63 bits per heavy atom. The van der Waals surface area contributed by atoms with Crippen LogP contribution < -0.4 is 11.1 Å². The molecule has 3 aliphatic rings. The zero-order valence-corrected chi connectivity index (χ0v) is 23.5. The van der Waals surface area contributed by atoms with E-state index in [0.717, 1.165) is 62.5 Å². The van der Waals surface area contributed by atoms with Gasteiger partial charge in [-0.05, 0) is 104 Å². The van der Waals surface area contributed by atoms with Gasteiger partial charge in [-0.3, -0.25) is 4.79 Å². The zero-order valence-electron chi connectivity index (χ0n) is 23.5. The van der Waals surface area contributed by atoms with Crippen molar-refractivity contribution in [2.45, 2.75) is 63.1 Å². The number of nitrogen functional groups attached to an aromatic ring is 1. The number of carbonyl (C=O) groups excluding carboxylic acids is 1. The first kappa shape index (κ1) is 27.6. The highest BCUT2D eigenvalue weighted by Gasteiger charge is 2.45. The second kappa shape index (κ2) is 10.4. The number of hydrogen-bond acceptors (Lipinski definition) is 3. The Kier molecular flexibility index (Phi) is 6.97. The lowest BCUT2D eigenvalue weighted by Gasteiger charge is -2.46. The van der Waals surface area contributed by atoms with E-state index in [2.05, 4.69) is 53.6 Å². The molecule has 0 bridgehead atoms. The molecule has 1 aliphatic heterocycles. The molecule has 0 radical (unpaired) electrons. The molecule has 4 nitrogen and oxygen atoms in total. The van der Waals surface area contributed by atoms with Gasteiger partial charge in [0.2, 0.25) is 0 Å². The van der Waals surface area contributed by atoms with Crippen LogP contribution in [0.4, 0.5) is 24.5 Å². The number of aryl methyl sites for hydroxylation is 1. The lowest BCUT2D eigenvalue weighted by molar-refractivity contribution is -0.137. The summed E-state index contributed by atoms with van der Waals surface area (Å²) in [5.41, 5.74) is 10.7. The largest absolute Gasteiger partial charge is 0.416 e. The van der Waals surface area contributed by atoms with Crippen LogP contribution in [-0.2, 0) is 11.6 Å². The van der Waals surface area contributed by atoms with Gasteiger partial charge in [-0.25, -0.2) is 0 Å². The first-order chi connectivity index (χ1) is 19.5. The fourth-order valence-electron chi connectivity index (χ4n) is 7.44. The number of nitrogens with one attached hydrogen (secondary N) is 1. The van der Waals surface area contributed by atoms with Crippen molar-refractivity contribution in [3.05, 3.63) is 100 Å². The summed E-state index contributed by atoms with van der Waals surface area (Å²) in [6.07, 6.45) is 4.73. The van der Waals surface area contributed by atoms with Gasteiger partial charge in [0.25, 0.3) is 5.91 Å². The maximum absolute atomic E-state index is 13.1. The number of alkyl halides is 3. The van der Waals surface area contributed by atoms with E-state index >= 15 is 0 Å². The molecule has 1 amide bonds. The molecule has 6 rings (SSSR count). The Morgan fingerprint density at radius 1 is 1.07 bits per heavy atom.